The van der Waals surface area contributed by atoms with E-state index in [1.807, 2.05) is 0 Å². The summed E-state index contributed by atoms with van der Waals surface area (Å²) < 4.78 is 0. The van der Waals surface area contributed by atoms with Crippen molar-refractivity contribution in [1.82, 2.24) is 0 Å². The van der Waals surface area contributed by atoms with Crippen LogP contribution in [0.15, 0.2) is 0 Å². The first-order valence-electron chi connectivity index (χ1n) is 4.96. The molecule has 0 rings (SSSR count). The maximum Gasteiger partial charge on any atom is 2.00 e. The summed E-state index contributed by atoms with van der Waals surface area (Å²) in [7, 11) is 0. The largest absolute Gasteiger partial charge is 2.00 e. The molecule has 72 valence electrons. The molecule has 1 unspecified atom stereocenters. The van der Waals surface area contributed by atoms with E-state index in [1.54, 1.807) is 0 Å². The zero-order chi connectivity index (χ0) is 8.53. The van der Waals surface area contributed by atoms with Crippen molar-refractivity contribution in [3.63, 3.8) is 0 Å². The van der Waals surface area contributed by atoms with Crippen LogP contribution in [0.25, 0.3) is 0 Å². The van der Waals surface area contributed by atoms with Gasteiger partial charge in [0.25, 0.3) is 0 Å². The molecule has 1 N–H and O–H groups in total. The van der Waals surface area contributed by atoms with Crippen molar-refractivity contribution in [2.24, 2.45) is 5.92 Å². The minimum absolute atomic E-state index is 0. The van der Waals surface area contributed by atoms with E-state index >= 15 is 0 Å². The molecule has 12 heavy (non-hydrogen) atoms. The van der Waals surface area contributed by atoms with Crippen LogP contribution in [0.5, 0.6) is 0 Å². The second-order valence-electron chi connectivity index (χ2n) is 3.28. The van der Waals surface area contributed by atoms with E-state index < -0.39 is 0 Å². The Bertz CT molecular complexity index is 76.5. The Labute approximate surface area is 96.1 Å². The topological polar surface area (TPSA) is 20.2 Å². The van der Waals surface area contributed by atoms with Crippen LogP contribution in [0.2, 0.25) is 0 Å². The van der Waals surface area contributed by atoms with E-state index in [0.29, 0.717) is 6.61 Å². The van der Waals surface area contributed by atoms with Crippen LogP contribution in [0, 0.1) is 5.92 Å². The average molecular weight is 185 g/mol. The number of aliphatic hydroxyl groups excluding tert-OH is 1. The van der Waals surface area contributed by atoms with Crippen LogP contribution in [0.1, 0.15) is 55.2 Å². The van der Waals surface area contributed by atoms with Gasteiger partial charge in [-0.2, -0.15) is 0 Å². The summed E-state index contributed by atoms with van der Waals surface area (Å²) >= 11 is 0. The predicted molar refractivity (Wildman–Crippen MR) is 57.6 cm³/mol. The van der Waals surface area contributed by atoms with Gasteiger partial charge in [-0.15, -0.1) is 0 Å². The van der Waals surface area contributed by atoms with Crippen molar-refractivity contribution in [3.8, 4) is 0 Å². The van der Waals surface area contributed by atoms with Gasteiger partial charge in [0.1, 0.15) is 0 Å². The molecule has 0 radical (unpaired) electrons. The molecule has 0 aliphatic rings. The van der Waals surface area contributed by atoms with E-state index in [4.69, 9.17) is 5.11 Å². The molecule has 0 spiro atoms. The molecule has 0 bridgehead atoms. The summed E-state index contributed by atoms with van der Waals surface area (Å²) in [5.41, 5.74) is 0. The molecule has 0 saturated heterocycles. The number of hydrogen-bond acceptors (Lipinski definition) is 1. The molecule has 0 amide bonds. The molecule has 2 heteroatoms. The third-order valence-electron chi connectivity index (χ3n) is 2.31. The monoisotopic (exact) mass is 184 g/mol. The van der Waals surface area contributed by atoms with Gasteiger partial charge in [-0.3, -0.25) is 0 Å². The van der Waals surface area contributed by atoms with Gasteiger partial charge >= 0.3 is 23.1 Å². The first kappa shape index (κ1) is 15.2. The zero-order valence-corrected chi connectivity index (χ0v) is 10.1. The normalized spacial score (nSPS) is 12.2. The molecule has 1 nitrogen and oxygen atoms in total. The zero-order valence-electron chi connectivity index (χ0n) is 10.7. The van der Waals surface area contributed by atoms with E-state index in [9.17, 15) is 0 Å². The molecule has 0 fully saturated rings. The third kappa shape index (κ3) is 8.82. The maximum absolute atomic E-state index is 8.64. The van der Waals surface area contributed by atoms with Gasteiger partial charge in [-0.1, -0.05) is 39.5 Å². The van der Waals surface area contributed by atoms with Gasteiger partial charge in [0.15, 0.2) is 0 Å². The second-order valence-corrected chi connectivity index (χ2v) is 3.28. The standard InChI is InChI=1S/C10H22O.Mg.2H/c1-3-5-7-10(4-2)8-6-9-11;;;/h10-11H,3-9H2,1-2H3;;;/q;+2;2*-1. The van der Waals surface area contributed by atoms with Crippen LogP contribution in [-0.2, 0) is 0 Å². The Kier molecular flexibility index (Phi) is 14.9. The fourth-order valence-corrected chi connectivity index (χ4v) is 1.43. The van der Waals surface area contributed by atoms with E-state index in [2.05, 4.69) is 13.8 Å². The number of rotatable bonds is 7. The third-order valence-corrected chi connectivity index (χ3v) is 2.31. The fourth-order valence-electron chi connectivity index (χ4n) is 1.43. The molecule has 0 aromatic heterocycles. The van der Waals surface area contributed by atoms with Gasteiger partial charge in [0.2, 0.25) is 0 Å². The Morgan fingerprint density at radius 1 is 1.17 bits per heavy atom. The van der Waals surface area contributed by atoms with Gasteiger partial charge in [0, 0.05) is 6.61 Å². The quantitative estimate of drug-likeness (QED) is 0.604. The van der Waals surface area contributed by atoms with Gasteiger partial charge in [-0.05, 0) is 18.8 Å². The van der Waals surface area contributed by atoms with Crippen molar-refractivity contribution in [1.29, 1.82) is 0 Å². The summed E-state index contributed by atoms with van der Waals surface area (Å²) in [5, 5.41) is 8.64. The molecule has 0 saturated carbocycles. The molecule has 0 aromatic rings. The van der Waals surface area contributed by atoms with Crippen molar-refractivity contribution in [2.45, 2.75) is 52.4 Å². The second kappa shape index (κ2) is 11.7. The molecule has 0 aliphatic carbocycles. The number of hydrogen-bond donors (Lipinski definition) is 1. The molecule has 1 atom stereocenters. The van der Waals surface area contributed by atoms with Gasteiger partial charge < -0.3 is 7.96 Å². The van der Waals surface area contributed by atoms with E-state index in [-0.39, 0.29) is 25.9 Å². The Morgan fingerprint density at radius 2 is 1.75 bits per heavy atom. The van der Waals surface area contributed by atoms with Crippen LogP contribution >= 0.6 is 0 Å². The summed E-state index contributed by atoms with van der Waals surface area (Å²) in [6, 6.07) is 0. The van der Waals surface area contributed by atoms with Crippen LogP contribution < -0.4 is 0 Å². The minimum Gasteiger partial charge on any atom is -1.00 e. The number of unbranched alkanes of at least 4 members (excludes halogenated alkanes) is 1. The first-order valence-corrected chi connectivity index (χ1v) is 4.96. The van der Waals surface area contributed by atoms with Crippen LogP contribution in [0.3, 0.4) is 0 Å². The molecular weight excluding hydrogens is 160 g/mol. The van der Waals surface area contributed by atoms with Crippen molar-refractivity contribution >= 4 is 23.1 Å². The summed E-state index contributed by atoms with van der Waals surface area (Å²) in [4.78, 5) is 0. The molecule has 0 aromatic carbocycles. The number of aliphatic hydroxyl groups is 1. The molecule has 0 heterocycles. The smallest absolute Gasteiger partial charge is 1.00 e. The van der Waals surface area contributed by atoms with Gasteiger partial charge in [0.05, 0.1) is 0 Å². The summed E-state index contributed by atoms with van der Waals surface area (Å²) in [6.45, 7) is 4.85. The summed E-state index contributed by atoms with van der Waals surface area (Å²) in [6.07, 6.45) is 7.49. The first-order chi connectivity index (χ1) is 5.35. The summed E-state index contributed by atoms with van der Waals surface area (Å²) in [5.74, 6) is 0.863. The fraction of sp³-hybridized carbons (Fsp3) is 1.00. The average Bonchev–Trinajstić information content (AvgIpc) is 2.05. The van der Waals surface area contributed by atoms with E-state index in [1.165, 1.54) is 32.1 Å². The van der Waals surface area contributed by atoms with Crippen molar-refractivity contribution < 1.29 is 7.96 Å². The maximum atomic E-state index is 8.64. The Balaban J connectivity index is -0.000000167. The molecular formula is C10H24MgO. The predicted octanol–water partition coefficient (Wildman–Crippen LogP) is 2.82. The van der Waals surface area contributed by atoms with E-state index in [0.717, 1.165) is 12.3 Å². The van der Waals surface area contributed by atoms with Crippen LogP contribution in [-0.4, -0.2) is 34.8 Å². The van der Waals surface area contributed by atoms with Gasteiger partial charge in [-0.25, -0.2) is 0 Å². The Morgan fingerprint density at radius 3 is 2.17 bits per heavy atom. The van der Waals surface area contributed by atoms with Crippen molar-refractivity contribution in [2.75, 3.05) is 6.61 Å². The van der Waals surface area contributed by atoms with Crippen LogP contribution in [0.4, 0.5) is 0 Å². The SMILES string of the molecule is CCCCC(CC)CCCO.[H-].[H-].[Mg+2]. The minimum atomic E-state index is 0. The Hall–Kier alpha value is 0.726. The van der Waals surface area contributed by atoms with Crippen molar-refractivity contribution in [3.05, 3.63) is 0 Å². The molecule has 0 aliphatic heterocycles.